The van der Waals surface area contributed by atoms with Gasteiger partial charge in [-0.25, -0.2) is 4.98 Å². The third-order valence-electron chi connectivity index (χ3n) is 6.13. The van der Waals surface area contributed by atoms with Crippen LogP contribution in [0.3, 0.4) is 0 Å². The molecule has 1 amide bonds. The predicted octanol–water partition coefficient (Wildman–Crippen LogP) is 4.99. The summed E-state index contributed by atoms with van der Waals surface area (Å²) in [7, 11) is 1.36. The minimum atomic E-state index is -0.380. The summed E-state index contributed by atoms with van der Waals surface area (Å²) in [6, 6.07) is 7.69. The fourth-order valence-corrected chi connectivity index (χ4v) is 5.25. The van der Waals surface area contributed by atoms with E-state index in [0.29, 0.717) is 29.8 Å². The van der Waals surface area contributed by atoms with Gasteiger partial charge in [0.05, 0.1) is 19.2 Å². The first-order chi connectivity index (χ1) is 15.1. The maximum absolute atomic E-state index is 13.5. The Balaban J connectivity index is 1.69. The first-order valence-corrected chi connectivity index (χ1v) is 12.2. The lowest BCUT2D eigenvalue weighted by molar-refractivity contribution is -0.140. The van der Waals surface area contributed by atoms with Crippen LogP contribution in [0.25, 0.3) is 0 Å². The van der Waals surface area contributed by atoms with Crippen molar-refractivity contribution in [1.29, 1.82) is 0 Å². The molecule has 1 fully saturated rings. The zero-order chi connectivity index (χ0) is 23.5. The van der Waals surface area contributed by atoms with Crippen LogP contribution in [0.4, 0.5) is 5.13 Å². The number of anilines is 1. The molecule has 1 aliphatic heterocycles. The number of methoxy groups -OCH3 is 1. The van der Waals surface area contributed by atoms with Crippen LogP contribution in [-0.2, 0) is 20.7 Å². The van der Waals surface area contributed by atoms with Gasteiger partial charge in [-0.3, -0.25) is 9.59 Å². The highest BCUT2D eigenvalue weighted by molar-refractivity contribution is 7.13. The molecular formula is C24H32ClN3O3S. The summed E-state index contributed by atoms with van der Waals surface area (Å²) in [5.41, 5.74) is 1.85. The summed E-state index contributed by atoms with van der Waals surface area (Å²) < 4.78 is 4.70. The molecule has 1 saturated heterocycles. The van der Waals surface area contributed by atoms with E-state index < -0.39 is 0 Å². The lowest BCUT2D eigenvalue weighted by Crippen LogP contribution is -2.53. The monoisotopic (exact) mass is 477 g/mol. The summed E-state index contributed by atoms with van der Waals surface area (Å²) >= 11 is 7.46. The van der Waals surface area contributed by atoms with Gasteiger partial charge in [-0.1, -0.05) is 51.4 Å². The van der Waals surface area contributed by atoms with E-state index in [1.807, 2.05) is 36.3 Å². The normalized spacial score (nSPS) is 19.0. The van der Waals surface area contributed by atoms with E-state index in [0.717, 1.165) is 11.4 Å². The molecule has 1 aromatic carbocycles. The average Bonchev–Trinajstić information content (AvgIpc) is 3.18. The maximum Gasteiger partial charge on any atom is 0.311 e. The van der Waals surface area contributed by atoms with Crippen molar-refractivity contribution in [2.75, 3.05) is 25.5 Å². The molecule has 0 aliphatic carbocycles. The van der Waals surface area contributed by atoms with Crippen molar-refractivity contribution in [1.82, 2.24) is 9.88 Å². The van der Waals surface area contributed by atoms with Gasteiger partial charge < -0.3 is 15.0 Å². The fraction of sp³-hybridized carbons (Fsp3) is 0.542. The van der Waals surface area contributed by atoms with Crippen LogP contribution in [0.15, 0.2) is 29.6 Å². The Morgan fingerprint density at radius 2 is 2.00 bits per heavy atom. The zero-order valence-corrected chi connectivity index (χ0v) is 20.9. The standard InChI is InChI=1S/C24H32ClN3O3S/c1-15(2)21(27-23-26-18(13-32-23)12-20(29)31-5)22(30)28-11-10-19(24(3,4)14-28)16-6-8-17(25)9-7-16/h6-9,13,15,19,21H,10-12,14H2,1-5H3,(H,26,27). The van der Waals surface area contributed by atoms with Gasteiger partial charge in [0.25, 0.3) is 0 Å². The number of rotatable bonds is 7. The molecule has 0 saturated carbocycles. The third-order valence-corrected chi connectivity index (χ3v) is 7.20. The second-order valence-corrected chi connectivity index (χ2v) is 10.7. The topological polar surface area (TPSA) is 71.5 Å². The van der Waals surface area contributed by atoms with Crippen LogP contribution in [0, 0.1) is 11.3 Å². The van der Waals surface area contributed by atoms with Crippen LogP contribution < -0.4 is 5.32 Å². The number of halogens is 1. The molecule has 2 unspecified atom stereocenters. The van der Waals surface area contributed by atoms with Crippen LogP contribution in [-0.4, -0.2) is 48.0 Å². The number of nitrogens with one attached hydrogen (secondary N) is 1. The van der Waals surface area contributed by atoms with Crippen LogP contribution in [0.2, 0.25) is 5.02 Å². The van der Waals surface area contributed by atoms with Gasteiger partial charge >= 0.3 is 5.97 Å². The number of piperidine rings is 1. The van der Waals surface area contributed by atoms with Crippen molar-refractivity contribution < 1.29 is 14.3 Å². The Bertz CT molecular complexity index is 942. The SMILES string of the molecule is COC(=O)Cc1csc(NC(C(=O)N2CCC(c3ccc(Cl)cc3)C(C)(C)C2)C(C)C)n1. The van der Waals surface area contributed by atoms with E-state index in [2.05, 4.69) is 36.3 Å². The van der Waals surface area contributed by atoms with Crippen molar-refractivity contribution in [2.45, 2.75) is 52.5 Å². The van der Waals surface area contributed by atoms with Crippen LogP contribution in [0.5, 0.6) is 0 Å². The maximum atomic E-state index is 13.5. The number of likely N-dealkylation sites (tertiary alicyclic amines) is 1. The van der Waals surface area contributed by atoms with E-state index in [4.69, 9.17) is 16.3 Å². The molecule has 3 rings (SSSR count). The number of benzene rings is 1. The molecule has 1 aromatic heterocycles. The Morgan fingerprint density at radius 3 is 2.59 bits per heavy atom. The molecule has 6 nitrogen and oxygen atoms in total. The summed E-state index contributed by atoms with van der Waals surface area (Å²) in [5, 5.41) is 6.52. The van der Waals surface area contributed by atoms with Crippen molar-refractivity contribution in [3.63, 3.8) is 0 Å². The second-order valence-electron chi connectivity index (χ2n) is 9.40. The largest absolute Gasteiger partial charge is 0.469 e. The predicted molar refractivity (Wildman–Crippen MR) is 129 cm³/mol. The van der Waals surface area contributed by atoms with Gasteiger partial charge in [-0.05, 0) is 41.4 Å². The number of thiazole rings is 1. The Kier molecular flexibility index (Phi) is 7.83. The Morgan fingerprint density at radius 1 is 1.31 bits per heavy atom. The minimum Gasteiger partial charge on any atom is -0.469 e. The molecule has 2 heterocycles. The van der Waals surface area contributed by atoms with E-state index in [1.165, 1.54) is 24.0 Å². The second kappa shape index (κ2) is 10.2. The zero-order valence-electron chi connectivity index (χ0n) is 19.4. The quantitative estimate of drug-likeness (QED) is 0.569. The summed E-state index contributed by atoms with van der Waals surface area (Å²) in [6.07, 6.45) is 1.03. The lowest BCUT2D eigenvalue weighted by Gasteiger charge is -2.45. The third kappa shape index (κ3) is 5.81. The minimum absolute atomic E-state index is 0.0574. The van der Waals surface area contributed by atoms with E-state index in [9.17, 15) is 9.59 Å². The first-order valence-electron chi connectivity index (χ1n) is 10.9. The number of aromatic nitrogens is 1. The van der Waals surface area contributed by atoms with Crippen LogP contribution in [0.1, 0.15) is 51.3 Å². The molecule has 1 aliphatic rings. The number of hydrogen-bond donors (Lipinski definition) is 1. The van der Waals surface area contributed by atoms with E-state index >= 15 is 0 Å². The molecule has 32 heavy (non-hydrogen) atoms. The number of carbonyl (C=O) groups excluding carboxylic acids is 2. The van der Waals surface area contributed by atoms with Crippen molar-refractivity contribution in [2.24, 2.45) is 11.3 Å². The van der Waals surface area contributed by atoms with Gasteiger partial charge in [0.1, 0.15) is 6.04 Å². The smallest absolute Gasteiger partial charge is 0.311 e. The van der Waals surface area contributed by atoms with E-state index in [1.54, 1.807) is 0 Å². The number of esters is 1. The Labute approximate surface area is 199 Å². The average molecular weight is 478 g/mol. The van der Waals surface area contributed by atoms with Crippen molar-refractivity contribution >= 4 is 39.9 Å². The van der Waals surface area contributed by atoms with Crippen molar-refractivity contribution in [3.05, 3.63) is 45.9 Å². The molecule has 0 bridgehead atoms. The summed E-state index contributed by atoms with van der Waals surface area (Å²) in [6.45, 7) is 9.92. The molecule has 0 spiro atoms. The number of nitrogens with zero attached hydrogens (tertiary/aromatic N) is 2. The number of ether oxygens (including phenoxy) is 1. The molecule has 174 valence electrons. The lowest BCUT2D eigenvalue weighted by atomic mass is 9.70. The molecule has 2 aromatic rings. The van der Waals surface area contributed by atoms with Crippen LogP contribution >= 0.6 is 22.9 Å². The first kappa shape index (κ1) is 24.5. The molecule has 2 atom stereocenters. The summed E-state index contributed by atoms with van der Waals surface area (Å²) in [4.78, 5) is 31.4. The Hall–Kier alpha value is -2.12. The number of hydrogen-bond acceptors (Lipinski definition) is 6. The van der Waals surface area contributed by atoms with Gasteiger partial charge in [-0.2, -0.15) is 0 Å². The molecular weight excluding hydrogens is 446 g/mol. The highest BCUT2D eigenvalue weighted by atomic mass is 35.5. The highest BCUT2D eigenvalue weighted by Crippen LogP contribution is 2.42. The van der Waals surface area contributed by atoms with Gasteiger partial charge in [0.15, 0.2) is 5.13 Å². The summed E-state index contributed by atoms with van der Waals surface area (Å²) in [5.74, 6) is 0.221. The number of carbonyl (C=O) groups is 2. The fourth-order valence-electron chi connectivity index (χ4n) is 4.38. The van der Waals surface area contributed by atoms with Gasteiger partial charge in [-0.15, -0.1) is 11.3 Å². The highest BCUT2D eigenvalue weighted by Gasteiger charge is 2.40. The number of amides is 1. The van der Waals surface area contributed by atoms with Crippen molar-refractivity contribution in [3.8, 4) is 0 Å². The molecule has 0 radical (unpaired) electrons. The molecule has 8 heteroatoms. The van der Waals surface area contributed by atoms with Gasteiger partial charge in [0, 0.05) is 23.5 Å². The molecule has 1 N–H and O–H groups in total. The van der Waals surface area contributed by atoms with E-state index in [-0.39, 0.29) is 35.7 Å². The van der Waals surface area contributed by atoms with Gasteiger partial charge in [0.2, 0.25) is 5.91 Å².